The Morgan fingerprint density at radius 2 is 1.88 bits per heavy atom. The number of benzene rings is 1. The molecule has 0 radical (unpaired) electrons. The molecule has 0 bridgehead atoms. The highest BCUT2D eigenvalue weighted by Gasteiger charge is 2.34. The molecule has 2 heterocycles. The number of nitrogens with zero attached hydrogens (tertiary/aromatic N) is 4. The molecule has 1 aliphatic heterocycles. The van der Waals surface area contributed by atoms with Crippen LogP contribution in [0.2, 0.25) is 0 Å². The van der Waals surface area contributed by atoms with E-state index in [0.29, 0.717) is 19.0 Å². The lowest BCUT2D eigenvalue weighted by Crippen LogP contribution is -2.42. The Hall–Kier alpha value is -2.07. The molecule has 10 heteroatoms. The summed E-state index contributed by atoms with van der Waals surface area (Å²) in [4.78, 5) is 14.7. The van der Waals surface area contributed by atoms with E-state index < -0.39 is 9.84 Å². The molecule has 1 aromatic heterocycles. The fraction of sp³-hybridized carbons (Fsp3) is 0.609. The van der Waals surface area contributed by atoms with Crippen LogP contribution in [-0.2, 0) is 14.6 Å². The third kappa shape index (κ3) is 5.54. The lowest BCUT2D eigenvalue weighted by atomic mass is 9.95. The highest BCUT2D eigenvalue weighted by atomic mass is 32.2. The van der Waals surface area contributed by atoms with Crippen molar-refractivity contribution in [1.29, 1.82) is 0 Å². The van der Waals surface area contributed by atoms with Crippen molar-refractivity contribution in [2.75, 3.05) is 30.9 Å². The molecular weight excluding hydrogens is 460 g/mol. The smallest absolute Gasteiger partial charge is 0.233 e. The molecule has 1 aromatic carbocycles. The fourth-order valence-corrected chi connectivity index (χ4v) is 7.47. The number of aromatic nitrogens is 3. The van der Waals surface area contributed by atoms with Crippen LogP contribution in [0.3, 0.4) is 0 Å². The monoisotopic (exact) mass is 492 g/mol. The van der Waals surface area contributed by atoms with Gasteiger partial charge in [0, 0.05) is 24.2 Å². The molecule has 0 spiro atoms. The number of carbonyl (C=O) groups excluding carboxylic acids is 1. The second kappa shape index (κ2) is 10.5. The number of carbonyl (C=O) groups is 1. The Kier molecular flexibility index (Phi) is 7.63. The molecule has 1 atom stereocenters. The number of amides is 1. The standard InChI is InChI=1S/C23H32N4O4S2/c1-3-26(19-13-14-33(29,30)16-19)21(28)15-32-23-25-24-22(17-9-11-20(31-2)12-10-17)27(23)18-7-5-4-6-8-18/h9-12,18-19H,3-8,13-16H2,1-2H3. The van der Waals surface area contributed by atoms with Crippen molar-refractivity contribution in [3.05, 3.63) is 24.3 Å². The lowest BCUT2D eigenvalue weighted by Gasteiger charge is -2.27. The first-order chi connectivity index (χ1) is 15.9. The van der Waals surface area contributed by atoms with Crippen molar-refractivity contribution < 1.29 is 17.9 Å². The van der Waals surface area contributed by atoms with Gasteiger partial charge in [0.1, 0.15) is 5.75 Å². The van der Waals surface area contributed by atoms with E-state index in [4.69, 9.17) is 4.74 Å². The fourth-order valence-electron chi connectivity index (χ4n) is 4.85. The molecule has 1 aliphatic carbocycles. The van der Waals surface area contributed by atoms with Gasteiger partial charge in [0.05, 0.1) is 24.4 Å². The van der Waals surface area contributed by atoms with Gasteiger partial charge in [-0.15, -0.1) is 10.2 Å². The van der Waals surface area contributed by atoms with Crippen molar-refractivity contribution >= 4 is 27.5 Å². The van der Waals surface area contributed by atoms with Gasteiger partial charge in [-0.05, 0) is 50.5 Å². The van der Waals surface area contributed by atoms with E-state index in [1.807, 2.05) is 31.2 Å². The number of ether oxygens (including phenoxy) is 1. The first-order valence-corrected chi connectivity index (χ1v) is 14.4. The topological polar surface area (TPSA) is 94.4 Å². The largest absolute Gasteiger partial charge is 0.497 e. The Bertz CT molecular complexity index is 1060. The first kappa shape index (κ1) is 24.1. The lowest BCUT2D eigenvalue weighted by molar-refractivity contribution is -0.129. The summed E-state index contributed by atoms with van der Waals surface area (Å²) in [6.07, 6.45) is 6.26. The molecule has 1 saturated carbocycles. The number of thioether (sulfide) groups is 1. The summed E-state index contributed by atoms with van der Waals surface area (Å²) in [5.74, 6) is 2.00. The Balaban J connectivity index is 1.54. The molecule has 0 N–H and O–H groups in total. The molecule has 2 fully saturated rings. The van der Waals surface area contributed by atoms with E-state index >= 15 is 0 Å². The molecule has 1 amide bonds. The minimum absolute atomic E-state index is 0.0474. The van der Waals surface area contributed by atoms with Gasteiger partial charge in [-0.2, -0.15) is 0 Å². The van der Waals surface area contributed by atoms with E-state index in [9.17, 15) is 13.2 Å². The number of hydrogen-bond donors (Lipinski definition) is 0. The zero-order valence-electron chi connectivity index (χ0n) is 19.3. The van der Waals surface area contributed by atoms with Crippen LogP contribution in [0.25, 0.3) is 11.4 Å². The van der Waals surface area contributed by atoms with E-state index in [1.54, 1.807) is 12.0 Å². The third-order valence-electron chi connectivity index (χ3n) is 6.59. The summed E-state index contributed by atoms with van der Waals surface area (Å²) in [7, 11) is -1.40. The maximum absolute atomic E-state index is 13.0. The van der Waals surface area contributed by atoms with Crippen LogP contribution in [0.1, 0.15) is 51.5 Å². The molecule has 1 unspecified atom stereocenters. The van der Waals surface area contributed by atoms with Crippen molar-refractivity contribution in [2.24, 2.45) is 0 Å². The van der Waals surface area contributed by atoms with Gasteiger partial charge in [0.15, 0.2) is 20.8 Å². The summed E-state index contributed by atoms with van der Waals surface area (Å²) in [5.41, 5.74) is 0.971. The van der Waals surface area contributed by atoms with Crippen LogP contribution in [0.4, 0.5) is 0 Å². The van der Waals surface area contributed by atoms with Gasteiger partial charge in [-0.1, -0.05) is 31.0 Å². The van der Waals surface area contributed by atoms with Crippen LogP contribution < -0.4 is 4.74 Å². The van der Waals surface area contributed by atoms with E-state index in [0.717, 1.165) is 35.1 Å². The first-order valence-electron chi connectivity index (χ1n) is 11.6. The van der Waals surface area contributed by atoms with Gasteiger partial charge in [-0.25, -0.2) is 8.42 Å². The average Bonchev–Trinajstić information content (AvgIpc) is 3.41. The van der Waals surface area contributed by atoms with Crippen molar-refractivity contribution in [1.82, 2.24) is 19.7 Å². The third-order valence-corrected chi connectivity index (χ3v) is 9.27. The summed E-state index contributed by atoms with van der Waals surface area (Å²) < 4.78 is 31.3. The summed E-state index contributed by atoms with van der Waals surface area (Å²) >= 11 is 1.40. The normalized spacial score (nSPS) is 20.6. The molecular formula is C23H32N4O4S2. The number of sulfone groups is 1. The molecule has 1 saturated heterocycles. The maximum atomic E-state index is 13.0. The minimum atomic E-state index is -3.04. The van der Waals surface area contributed by atoms with Crippen LogP contribution in [0.5, 0.6) is 5.75 Å². The summed E-state index contributed by atoms with van der Waals surface area (Å²) in [5, 5.41) is 9.72. The van der Waals surface area contributed by atoms with Crippen LogP contribution >= 0.6 is 11.8 Å². The van der Waals surface area contributed by atoms with Gasteiger partial charge in [0.25, 0.3) is 0 Å². The molecule has 4 rings (SSSR count). The highest BCUT2D eigenvalue weighted by Crippen LogP contribution is 2.36. The highest BCUT2D eigenvalue weighted by molar-refractivity contribution is 7.99. The predicted octanol–water partition coefficient (Wildman–Crippen LogP) is 3.59. The minimum Gasteiger partial charge on any atom is -0.497 e. The zero-order valence-corrected chi connectivity index (χ0v) is 20.9. The van der Waals surface area contributed by atoms with Crippen LogP contribution in [0.15, 0.2) is 29.4 Å². The molecule has 8 nitrogen and oxygen atoms in total. The number of hydrogen-bond acceptors (Lipinski definition) is 7. The predicted molar refractivity (Wildman–Crippen MR) is 129 cm³/mol. The van der Waals surface area contributed by atoms with Crippen molar-refractivity contribution in [3.63, 3.8) is 0 Å². The maximum Gasteiger partial charge on any atom is 0.233 e. The van der Waals surface area contributed by atoms with E-state index in [1.165, 1.54) is 31.0 Å². The SMILES string of the molecule is CCN(C(=O)CSc1nnc(-c2ccc(OC)cc2)n1C1CCCCC1)C1CCS(=O)(=O)C1. The van der Waals surface area contributed by atoms with Crippen molar-refractivity contribution in [3.8, 4) is 17.1 Å². The van der Waals surface area contributed by atoms with E-state index in [-0.39, 0.29) is 29.2 Å². The Morgan fingerprint density at radius 1 is 1.15 bits per heavy atom. The quantitative estimate of drug-likeness (QED) is 0.520. The zero-order chi connectivity index (χ0) is 23.4. The molecule has 2 aromatic rings. The molecule has 2 aliphatic rings. The molecule has 33 heavy (non-hydrogen) atoms. The van der Waals surface area contributed by atoms with Gasteiger partial charge in [-0.3, -0.25) is 9.36 Å². The number of methoxy groups -OCH3 is 1. The molecule has 180 valence electrons. The number of rotatable bonds is 8. The van der Waals surface area contributed by atoms with Gasteiger partial charge < -0.3 is 9.64 Å². The Morgan fingerprint density at radius 3 is 2.48 bits per heavy atom. The average molecular weight is 493 g/mol. The van der Waals surface area contributed by atoms with E-state index in [2.05, 4.69) is 14.8 Å². The van der Waals surface area contributed by atoms with Gasteiger partial charge >= 0.3 is 0 Å². The van der Waals surface area contributed by atoms with Crippen LogP contribution in [0, 0.1) is 0 Å². The summed E-state index contributed by atoms with van der Waals surface area (Å²) in [6.45, 7) is 2.41. The van der Waals surface area contributed by atoms with Crippen LogP contribution in [-0.4, -0.2) is 70.9 Å². The van der Waals surface area contributed by atoms with Crippen molar-refractivity contribution in [2.45, 2.75) is 62.7 Å². The van der Waals surface area contributed by atoms with Gasteiger partial charge in [0.2, 0.25) is 5.91 Å². The summed E-state index contributed by atoms with van der Waals surface area (Å²) in [6, 6.07) is 7.90. The Labute approximate surface area is 200 Å². The second-order valence-electron chi connectivity index (χ2n) is 8.72. The second-order valence-corrected chi connectivity index (χ2v) is 11.9.